The maximum atomic E-state index is 5.97. The standard InChI is InChI=1S/C12H16Cl2N2.ClH/c13-10-4-9(5-11(14)6-10)7-16-3-1-2-12(15)8-16;/h4-6,12H,1-3,7-8,15H2;1H. The lowest BCUT2D eigenvalue weighted by atomic mass is 10.1. The van der Waals surface area contributed by atoms with Crippen LogP contribution in [-0.4, -0.2) is 24.0 Å². The number of nitrogens with zero attached hydrogens (tertiary/aromatic N) is 1. The van der Waals surface area contributed by atoms with E-state index in [0.29, 0.717) is 16.1 Å². The first-order valence-corrected chi connectivity index (χ1v) is 6.32. The largest absolute Gasteiger partial charge is 0.327 e. The van der Waals surface area contributed by atoms with Crippen molar-refractivity contribution in [2.75, 3.05) is 13.1 Å². The van der Waals surface area contributed by atoms with Crippen molar-refractivity contribution in [3.63, 3.8) is 0 Å². The third-order valence-electron chi connectivity index (χ3n) is 2.87. The van der Waals surface area contributed by atoms with Gasteiger partial charge in [-0.1, -0.05) is 23.2 Å². The Hall–Kier alpha value is 0.01000. The Kier molecular flexibility index (Phi) is 6.04. The molecule has 1 fully saturated rings. The SMILES string of the molecule is Cl.NC1CCCN(Cc2cc(Cl)cc(Cl)c2)C1. The molecule has 96 valence electrons. The fraction of sp³-hybridized carbons (Fsp3) is 0.500. The summed E-state index contributed by atoms with van der Waals surface area (Å²) in [7, 11) is 0. The zero-order valence-electron chi connectivity index (χ0n) is 9.53. The zero-order valence-corrected chi connectivity index (χ0v) is 11.9. The van der Waals surface area contributed by atoms with E-state index in [0.717, 1.165) is 31.6 Å². The molecule has 1 heterocycles. The molecule has 2 rings (SSSR count). The average molecular weight is 296 g/mol. The summed E-state index contributed by atoms with van der Waals surface area (Å²) in [6.07, 6.45) is 2.31. The van der Waals surface area contributed by atoms with Crippen molar-refractivity contribution in [1.82, 2.24) is 4.90 Å². The van der Waals surface area contributed by atoms with E-state index in [1.807, 2.05) is 12.1 Å². The highest BCUT2D eigenvalue weighted by Crippen LogP contribution is 2.21. The molecule has 0 amide bonds. The molecule has 1 aromatic rings. The number of rotatable bonds is 2. The van der Waals surface area contributed by atoms with Crippen LogP contribution in [0.5, 0.6) is 0 Å². The van der Waals surface area contributed by atoms with Gasteiger partial charge in [0.1, 0.15) is 0 Å². The monoisotopic (exact) mass is 294 g/mol. The number of nitrogens with two attached hydrogens (primary N) is 1. The molecule has 2 N–H and O–H groups in total. The lowest BCUT2D eigenvalue weighted by molar-refractivity contribution is 0.201. The smallest absolute Gasteiger partial charge is 0.0424 e. The summed E-state index contributed by atoms with van der Waals surface area (Å²) in [5.41, 5.74) is 7.10. The molecule has 17 heavy (non-hydrogen) atoms. The first kappa shape index (κ1) is 15.1. The summed E-state index contributed by atoms with van der Waals surface area (Å²) in [5, 5.41) is 1.40. The summed E-state index contributed by atoms with van der Waals surface area (Å²) in [5.74, 6) is 0. The van der Waals surface area contributed by atoms with Crippen LogP contribution in [0, 0.1) is 0 Å². The van der Waals surface area contributed by atoms with E-state index in [2.05, 4.69) is 4.90 Å². The third-order valence-corrected chi connectivity index (χ3v) is 3.31. The quantitative estimate of drug-likeness (QED) is 0.907. The average Bonchev–Trinajstić information content (AvgIpc) is 2.15. The van der Waals surface area contributed by atoms with E-state index in [-0.39, 0.29) is 12.4 Å². The van der Waals surface area contributed by atoms with Gasteiger partial charge in [0.15, 0.2) is 0 Å². The third kappa shape index (κ3) is 4.65. The second kappa shape index (κ2) is 6.81. The van der Waals surface area contributed by atoms with Crippen molar-refractivity contribution in [1.29, 1.82) is 0 Å². The summed E-state index contributed by atoms with van der Waals surface area (Å²) in [4.78, 5) is 2.36. The molecule has 1 unspecified atom stereocenters. The number of likely N-dealkylation sites (tertiary alicyclic amines) is 1. The molecule has 2 nitrogen and oxygen atoms in total. The van der Waals surface area contributed by atoms with E-state index in [4.69, 9.17) is 28.9 Å². The van der Waals surface area contributed by atoms with Gasteiger partial charge in [-0.05, 0) is 43.1 Å². The predicted molar refractivity (Wildman–Crippen MR) is 76.2 cm³/mol. The number of piperidine rings is 1. The van der Waals surface area contributed by atoms with Crippen molar-refractivity contribution in [2.45, 2.75) is 25.4 Å². The molecule has 0 spiro atoms. The van der Waals surface area contributed by atoms with Crippen LogP contribution >= 0.6 is 35.6 Å². The molecule has 5 heteroatoms. The maximum absolute atomic E-state index is 5.97. The van der Waals surface area contributed by atoms with Gasteiger partial charge in [-0.25, -0.2) is 0 Å². The lowest BCUT2D eigenvalue weighted by Gasteiger charge is -2.30. The molecule has 1 aliphatic rings. The predicted octanol–water partition coefficient (Wildman–Crippen LogP) is 3.34. The van der Waals surface area contributed by atoms with Crippen LogP contribution in [0.2, 0.25) is 10.0 Å². The number of hydrogen-bond acceptors (Lipinski definition) is 2. The van der Waals surface area contributed by atoms with Gasteiger partial charge in [0.25, 0.3) is 0 Å². The van der Waals surface area contributed by atoms with Crippen molar-refractivity contribution >= 4 is 35.6 Å². The fourth-order valence-corrected chi connectivity index (χ4v) is 2.77. The number of hydrogen-bond donors (Lipinski definition) is 1. The van der Waals surface area contributed by atoms with E-state index < -0.39 is 0 Å². The Morgan fingerprint density at radius 2 is 1.88 bits per heavy atom. The normalized spacial score (nSPS) is 21.0. The molecule has 0 saturated carbocycles. The summed E-state index contributed by atoms with van der Waals surface area (Å²) in [6.45, 7) is 2.95. The first-order valence-electron chi connectivity index (χ1n) is 5.56. The van der Waals surface area contributed by atoms with Crippen LogP contribution in [0.3, 0.4) is 0 Å². The van der Waals surface area contributed by atoms with Gasteiger partial charge in [0, 0.05) is 29.2 Å². The van der Waals surface area contributed by atoms with E-state index in [1.165, 1.54) is 6.42 Å². The zero-order chi connectivity index (χ0) is 11.5. The molecule has 1 saturated heterocycles. The lowest BCUT2D eigenvalue weighted by Crippen LogP contribution is -2.42. The van der Waals surface area contributed by atoms with Crippen LogP contribution < -0.4 is 5.73 Å². The van der Waals surface area contributed by atoms with Gasteiger partial charge in [-0.2, -0.15) is 0 Å². The number of halogens is 3. The highest BCUT2D eigenvalue weighted by Gasteiger charge is 2.16. The molecule has 0 radical (unpaired) electrons. The Bertz CT molecular complexity index is 351. The Labute approximate surface area is 118 Å². The van der Waals surface area contributed by atoms with E-state index in [9.17, 15) is 0 Å². The highest BCUT2D eigenvalue weighted by molar-refractivity contribution is 6.34. The molecular weight excluding hydrogens is 279 g/mol. The Balaban J connectivity index is 0.00000144. The van der Waals surface area contributed by atoms with Crippen LogP contribution in [0.1, 0.15) is 18.4 Å². The number of benzene rings is 1. The Morgan fingerprint density at radius 3 is 2.47 bits per heavy atom. The molecule has 1 atom stereocenters. The second-order valence-electron chi connectivity index (χ2n) is 4.42. The van der Waals surface area contributed by atoms with Crippen LogP contribution in [0.15, 0.2) is 18.2 Å². The van der Waals surface area contributed by atoms with Gasteiger partial charge in [0.05, 0.1) is 0 Å². The molecule has 0 aliphatic carbocycles. The second-order valence-corrected chi connectivity index (χ2v) is 5.29. The van der Waals surface area contributed by atoms with E-state index in [1.54, 1.807) is 6.07 Å². The minimum absolute atomic E-state index is 0. The summed E-state index contributed by atoms with van der Waals surface area (Å²) >= 11 is 11.9. The van der Waals surface area contributed by atoms with E-state index >= 15 is 0 Å². The van der Waals surface area contributed by atoms with Gasteiger partial charge < -0.3 is 5.73 Å². The summed E-state index contributed by atoms with van der Waals surface area (Å²) in [6, 6.07) is 6.00. The summed E-state index contributed by atoms with van der Waals surface area (Å²) < 4.78 is 0. The van der Waals surface area contributed by atoms with Gasteiger partial charge in [-0.3, -0.25) is 4.90 Å². The van der Waals surface area contributed by atoms with Crippen LogP contribution in [0.25, 0.3) is 0 Å². The van der Waals surface area contributed by atoms with Crippen molar-refractivity contribution < 1.29 is 0 Å². The topological polar surface area (TPSA) is 29.3 Å². The van der Waals surface area contributed by atoms with Gasteiger partial charge in [0.2, 0.25) is 0 Å². The first-order chi connectivity index (χ1) is 7.63. The Morgan fingerprint density at radius 1 is 1.24 bits per heavy atom. The molecule has 0 aromatic heterocycles. The molecule has 1 aromatic carbocycles. The van der Waals surface area contributed by atoms with Crippen molar-refractivity contribution in [2.24, 2.45) is 5.73 Å². The van der Waals surface area contributed by atoms with Gasteiger partial charge in [-0.15, -0.1) is 12.4 Å². The molecule has 0 bridgehead atoms. The van der Waals surface area contributed by atoms with Crippen LogP contribution in [0.4, 0.5) is 0 Å². The van der Waals surface area contributed by atoms with Crippen molar-refractivity contribution in [3.05, 3.63) is 33.8 Å². The fourth-order valence-electron chi connectivity index (χ4n) is 2.20. The van der Waals surface area contributed by atoms with Gasteiger partial charge >= 0.3 is 0 Å². The van der Waals surface area contributed by atoms with Crippen molar-refractivity contribution in [3.8, 4) is 0 Å². The molecule has 1 aliphatic heterocycles. The van der Waals surface area contributed by atoms with Crippen LogP contribution in [-0.2, 0) is 6.54 Å². The maximum Gasteiger partial charge on any atom is 0.0424 e. The molecular formula is C12H17Cl3N2. The minimum Gasteiger partial charge on any atom is -0.327 e. The highest BCUT2D eigenvalue weighted by atomic mass is 35.5. The minimum atomic E-state index is 0.